The summed E-state index contributed by atoms with van der Waals surface area (Å²) in [6.45, 7) is 6.38. The first kappa shape index (κ1) is 14.0. The Morgan fingerprint density at radius 2 is 2.20 bits per heavy atom. The van der Waals surface area contributed by atoms with Crippen molar-refractivity contribution in [1.29, 1.82) is 0 Å². The molecule has 1 aromatic rings. The summed E-state index contributed by atoms with van der Waals surface area (Å²) in [4.78, 5) is 16.2. The van der Waals surface area contributed by atoms with Gasteiger partial charge in [0.2, 0.25) is 0 Å². The zero-order valence-corrected chi connectivity index (χ0v) is 13.2. The minimum atomic E-state index is 0.0802. The van der Waals surface area contributed by atoms with Crippen LogP contribution in [0.3, 0.4) is 0 Å². The van der Waals surface area contributed by atoms with E-state index in [1.54, 1.807) is 11.3 Å². The minimum Gasteiger partial charge on any atom is -0.335 e. The van der Waals surface area contributed by atoms with E-state index in [4.69, 9.17) is 0 Å². The monoisotopic (exact) mass is 294 g/mol. The lowest BCUT2D eigenvalue weighted by molar-refractivity contribution is -0.884. The van der Waals surface area contributed by atoms with E-state index >= 15 is 0 Å². The van der Waals surface area contributed by atoms with Crippen molar-refractivity contribution in [2.75, 3.05) is 33.2 Å². The highest BCUT2D eigenvalue weighted by molar-refractivity contribution is 7.14. The summed E-state index contributed by atoms with van der Waals surface area (Å²) in [5.74, 6) is 0.838. The van der Waals surface area contributed by atoms with E-state index in [9.17, 15) is 4.79 Å². The third-order valence-electron chi connectivity index (χ3n) is 4.43. The van der Waals surface area contributed by atoms with Crippen molar-refractivity contribution in [3.05, 3.63) is 21.4 Å². The van der Waals surface area contributed by atoms with Gasteiger partial charge in [-0.05, 0) is 36.8 Å². The Kier molecular flexibility index (Phi) is 4.10. The summed E-state index contributed by atoms with van der Waals surface area (Å²) in [6, 6.07) is 2.12. The number of carbonyl (C=O) groups excluding carboxylic acids is 1. The van der Waals surface area contributed by atoms with Crippen molar-refractivity contribution in [3.63, 3.8) is 0 Å². The first-order valence-electron chi connectivity index (χ1n) is 7.60. The maximum absolute atomic E-state index is 12.3. The van der Waals surface area contributed by atoms with Crippen LogP contribution in [0.15, 0.2) is 6.07 Å². The maximum atomic E-state index is 12.3. The Labute approximate surface area is 124 Å². The number of hydrogen-bond donors (Lipinski definition) is 2. The van der Waals surface area contributed by atoms with Crippen LogP contribution in [-0.4, -0.2) is 44.1 Å². The van der Waals surface area contributed by atoms with Gasteiger partial charge < -0.3 is 4.90 Å². The van der Waals surface area contributed by atoms with E-state index < -0.39 is 0 Å². The highest BCUT2D eigenvalue weighted by Crippen LogP contribution is 2.32. The number of likely N-dealkylation sites (N-methyl/N-ethyl adjacent to an activating group) is 1. The number of amides is 1. The van der Waals surface area contributed by atoms with Crippen LogP contribution in [0.5, 0.6) is 0 Å². The second-order valence-corrected chi connectivity index (χ2v) is 7.43. The second kappa shape index (κ2) is 5.84. The van der Waals surface area contributed by atoms with Crippen molar-refractivity contribution in [1.82, 2.24) is 10.4 Å². The Hall–Kier alpha value is -0.910. The Morgan fingerprint density at radius 1 is 1.45 bits per heavy atom. The van der Waals surface area contributed by atoms with Crippen molar-refractivity contribution in [2.45, 2.75) is 26.2 Å². The third-order valence-corrected chi connectivity index (χ3v) is 5.67. The highest BCUT2D eigenvalue weighted by Gasteiger charge is 2.23. The fraction of sp³-hybridized carbons (Fsp3) is 0.667. The number of thiophene rings is 1. The molecule has 1 aliphatic carbocycles. The van der Waals surface area contributed by atoms with Crippen molar-refractivity contribution in [3.8, 4) is 0 Å². The van der Waals surface area contributed by atoms with Crippen LogP contribution < -0.4 is 10.3 Å². The number of rotatable bonds is 2. The number of aryl methyl sites for hydroxylation is 1. The quantitative estimate of drug-likeness (QED) is 0.826. The predicted molar refractivity (Wildman–Crippen MR) is 81.2 cm³/mol. The van der Waals surface area contributed by atoms with E-state index in [-0.39, 0.29) is 5.91 Å². The van der Waals surface area contributed by atoms with Gasteiger partial charge in [0.15, 0.2) is 0 Å². The Balaban J connectivity index is 1.63. The van der Waals surface area contributed by atoms with Gasteiger partial charge in [-0.15, -0.1) is 11.3 Å². The summed E-state index contributed by atoms with van der Waals surface area (Å²) in [6.07, 6.45) is 3.54. The maximum Gasteiger partial charge on any atom is 0.275 e. The van der Waals surface area contributed by atoms with Crippen LogP contribution in [-0.2, 0) is 12.8 Å². The summed E-state index contributed by atoms with van der Waals surface area (Å²) < 4.78 is 0. The molecule has 0 unspecified atom stereocenters. The number of carbonyl (C=O) groups is 1. The van der Waals surface area contributed by atoms with Gasteiger partial charge in [0.05, 0.1) is 38.1 Å². The van der Waals surface area contributed by atoms with E-state index in [1.165, 1.54) is 21.8 Å². The third kappa shape index (κ3) is 3.05. The molecule has 2 heterocycles. The molecule has 0 radical (unpaired) electrons. The van der Waals surface area contributed by atoms with Crippen molar-refractivity contribution in [2.24, 2.45) is 5.92 Å². The molecule has 0 saturated carbocycles. The molecule has 0 bridgehead atoms. The normalized spacial score (nSPS) is 24.4. The Morgan fingerprint density at radius 3 is 2.95 bits per heavy atom. The molecule has 0 aromatic carbocycles. The summed E-state index contributed by atoms with van der Waals surface area (Å²) >= 11 is 1.69. The smallest absolute Gasteiger partial charge is 0.275 e. The molecule has 20 heavy (non-hydrogen) atoms. The van der Waals surface area contributed by atoms with Gasteiger partial charge in [0.1, 0.15) is 0 Å². The van der Waals surface area contributed by atoms with Gasteiger partial charge in [0.25, 0.3) is 5.91 Å². The van der Waals surface area contributed by atoms with Crippen LogP contribution in [0.4, 0.5) is 0 Å². The molecule has 2 aliphatic rings. The molecule has 110 valence electrons. The van der Waals surface area contributed by atoms with E-state index in [1.807, 2.05) is 0 Å². The van der Waals surface area contributed by atoms with Crippen molar-refractivity contribution >= 4 is 17.2 Å². The molecule has 2 N–H and O–H groups in total. The average Bonchev–Trinajstić information content (AvgIpc) is 2.84. The first-order valence-corrected chi connectivity index (χ1v) is 8.42. The fourth-order valence-electron chi connectivity index (χ4n) is 3.02. The molecule has 0 spiro atoms. The number of quaternary nitrogens is 1. The van der Waals surface area contributed by atoms with E-state index in [0.717, 1.165) is 49.8 Å². The fourth-order valence-corrected chi connectivity index (χ4v) is 4.11. The van der Waals surface area contributed by atoms with Gasteiger partial charge in [0, 0.05) is 4.88 Å². The molecule has 1 saturated heterocycles. The summed E-state index contributed by atoms with van der Waals surface area (Å²) in [5.41, 5.74) is 4.47. The number of nitrogens with zero attached hydrogens (tertiary/aromatic N) is 1. The van der Waals surface area contributed by atoms with Crippen LogP contribution in [0.2, 0.25) is 0 Å². The van der Waals surface area contributed by atoms with Crippen LogP contribution in [0, 0.1) is 5.92 Å². The van der Waals surface area contributed by atoms with Gasteiger partial charge in [-0.2, -0.15) is 0 Å². The Bertz CT molecular complexity index is 491. The van der Waals surface area contributed by atoms with E-state index in [2.05, 4.69) is 30.5 Å². The van der Waals surface area contributed by atoms with Crippen LogP contribution in [0.1, 0.15) is 33.5 Å². The lowest BCUT2D eigenvalue weighted by atomic mass is 9.90. The number of nitrogens with one attached hydrogen (secondary N) is 2. The predicted octanol–water partition coefficient (Wildman–Crippen LogP) is 0.348. The number of hydrogen-bond acceptors (Lipinski definition) is 3. The van der Waals surface area contributed by atoms with Crippen LogP contribution in [0.25, 0.3) is 0 Å². The second-order valence-electron chi connectivity index (χ2n) is 6.29. The van der Waals surface area contributed by atoms with E-state index in [0.29, 0.717) is 0 Å². The van der Waals surface area contributed by atoms with Gasteiger partial charge in [-0.25, -0.2) is 5.01 Å². The van der Waals surface area contributed by atoms with Gasteiger partial charge >= 0.3 is 0 Å². The SMILES string of the molecule is C[C@@H]1CCc2sc(C(=O)NN3CC[NH+](C)CC3)cc2C1. The number of fused-ring (bicyclic) bond motifs is 1. The molecule has 1 aliphatic heterocycles. The van der Waals surface area contributed by atoms with Crippen LogP contribution >= 0.6 is 11.3 Å². The number of hydrazine groups is 1. The minimum absolute atomic E-state index is 0.0802. The summed E-state index contributed by atoms with van der Waals surface area (Å²) in [7, 11) is 2.20. The molecule has 1 fully saturated rings. The largest absolute Gasteiger partial charge is 0.335 e. The standard InChI is InChI=1S/C15H23N3OS/c1-11-3-4-13-12(9-11)10-14(20-13)15(19)16-18-7-5-17(2)6-8-18/h10-11H,3-9H2,1-2H3,(H,16,19)/p+1/t11-/m1/s1. The lowest BCUT2D eigenvalue weighted by Gasteiger charge is -2.29. The molecule has 1 atom stereocenters. The van der Waals surface area contributed by atoms with Gasteiger partial charge in [-0.1, -0.05) is 6.92 Å². The molecular weight excluding hydrogens is 270 g/mol. The zero-order valence-electron chi connectivity index (χ0n) is 12.4. The highest BCUT2D eigenvalue weighted by atomic mass is 32.1. The van der Waals surface area contributed by atoms with Crippen molar-refractivity contribution < 1.29 is 9.69 Å². The summed E-state index contributed by atoms with van der Waals surface area (Å²) in [5, 5.41) is 2.07. The number of piperazine rings is 1. The zero-order chi connectivity index (χ0) is 14.1. The molecule has 4 nitrogen and oxygen atoms in total. The molecular formula is C15H24N3OS+. The molecule has 3 rings (SSSR count). The molecule has 5 heteroatoms. The lowest BCUT2D eigenvalue weighted by Crippen LogP contribution is -3.12. The molecule has 1 aromatic heterocycles. The van der Waals surface area contributed by atoms with Gasteiger partial charge in [-0.3, -0.25) is 10.2 Å². The topological polar surface area (TPSA) is 36.8 Å². The average molecular weight is 294 g/mol. The molecule has 1 amide bonds. The first-order chi connectivity index (χ1) is 9.61.